The van der Waals surface area contributed by atoms with Gasteiger partial charge in [0.15, 0.2) is 0 Å². The molecule has 0 saturated carbocycles. The van der Waals surface area contributed by atoms with Gasteiger partial charge in [-0.05, 0) is 60.4 Å². The summed E-state index contributed by atoms with van der Waals surface area (Å²) in [7, 11) is -4.22. The minimum absolute atomic E-state index is 0.00897. The number of carbonyl (C=O) groups is 2. The van der Waals surface area contributed by atoms with Crippen molar-refractivity contribution in [3.8, 4) is 0 Å². The molecule has 4 rings (SSSR count). The molecule has 7 nitrogen and oxygen atoms in total. The van der Waals surface area contributed by atoms with Crippen LogP contribution >= 0.6 is 23.2 Å². The highest BCUT2D eigenvalue weighted by molar-refractivity contribution is 7.92. The van der Waals surface area contributed by atoms with Crippen molar-refractivity contribution in [2.24, 2.45) is 0 Å². The number of anilines is 1. The molecule has 0 unspecified atom stereocenters. The first kappa shape index (κ1) is 34.0. The van der Waals surface area contributed by atoms with E-state index >= 15 is 0 Å². The van der Waals surface area contributed by atoms with Gasteiger partial charge in [0.25, 0.3) is 10.0 Å². The van der Waals surface area contributed by atoms with Crippen LogP contribution in [0.3, 0.4) is 0 Å². The zero-order valence-corrected chi connectivity index (χ0v) is 27.7. The van der Waals surface area contributed by atoms with E-state index in [-0.39, 0.29) is 29.5 Å². The Kier molecular flexibility index (Phi) is 12.0. The Morgan fingerprint density at radius 3 is 2.11 bits per heavy atom. The van der Waals surface area contributed by atoms with Crippen LogP contribution in [0.4, 0.5) is 5.69 Å². The van der Waals surface area contributed by atoms with Crippen LogP contribution in [-0.4, -0.2) is 44.3 Å². The lowest BCUT2D eigenvalue weighted by atomic mass is 10.0. The topological polar surface area (TPSA) is 86.8 Å². The molecule has 2 amide bonds. The molecular weight excluding hydrogens is 629 g/mol. The van der Waals surface area contributed by atoms with Crippen molar-refractivity contribution in [2.45, 2.75) is 50.6 Å². The first-order valence-electron chi connectivity index (χ1n) is 14.8. The second-order valence-electron chi connectivity index (χ2n) is 10.7. The van der Waals surface area contributed by atoms with Gasteiger partial charge in [0.1, 0.15) is 12.6 Å². The molecule has 4 aromatic rings. The first-order chi connectivity index (χ1) is 21.6. The quantitative estimate of drug-likeness (QED) is 0.146. The SMILES string of the molecule is CCCCNC(=O)[C@H](Cc1ccccc1)N(Cc1ccccc1Cl)C(=O)CN(c1cccc(Cl)c1C)S(=O)(=O)c1ccccc1. The molecule has 0 aliphatic rings. The van der Waals surface area contributed by atoms with Crippen LogP contribution in [0, 0.1) is 6.92 Å². The van der Waals surface area contributed by atoms with Crippen LogP contribution in [0.15, 0.2) is 108 Å². The molecule has 10 heteroatoms. The largest absolute Gasteiger partial charge is 0.354 e. The van der Waals surface area contributed by atoms with Crippen molar-refractivity contribution in [3.63, 3.8) is 0 Å². The minimum Gasteiger partial charge on any atom is -0.354 e. The van der Waals surface area contributed by atoms with Crippen molar-refractivity contribution in [2.75, 3.05) is 17.4 Å². The summed E-state index contributed by atoms with van der Waals surface area (Å²) in [5, 5.41) is 3.77. The summed E-state index contributed by atoms with van der Waals surface area (Å²) in [6, 6.07) is 28.4. The number of rotatable bonds is 14. The Morgan fingerprint density at radius 1 is 0.822 bits per heavy atom. The van der Waals surface area contributed by atoms with Crippen molar-refractivity contribution in [3.05, 3.63) is 130 Å². The van der Waals surface area contributed by atoms with Crippen molar-refractivity contribution in [1.82, 2.24) is 10.2 Å². The van der Waals surface area contributed by atoms with E-state index in [0.717, 1.165) is 22.7 Å². The van der Waals surface area contributed by atoms with Crippen LogP contribution in [-0.2, 0) is 32.6 Å². The summed E-state index contributed by atoms with van der Waals surface area (Å²) in [6.45, 7) is 3.60. The van der Waals surface area contributed by atoms with Crippen molar-refractivity contribution < 1.29 is 18.0 Å². The van der Waals surface area contributed by atoms with E-state index in [9.17, 15) is 18.0 Å². The summed E-state index contributed by atoms with van der Waals surface area (Å²) < 4.78 is 29.4. The number of amides is 2. The molecule has 1 N–H and O–H groups in total. The van der Waals surface area contributed by atoms with Crippen molar-refractivity contribution >= 4 is 50.7 Å². The molecule has 236 valence electrons. The second kappa shape index (κ2) is 15.9. The Bertz CT molecular complexity index is 1700. The maximum Gasteiger partial charge on any atom is 0.264 e. The fourth-order valence-electron chi connectivity index (χ4n) is 4.97. The number of benzene rings is 4. The highest BCUT2D eigenvalue weighted by Crippen LogP contribution is 2.31. The van der Waals surface area contributed by atoms with Crippen LogP contribution in [0.2, 0.25) is 10.0 Å². The summed E-state index contributed by atoms with van der Waals surface area (Å²) in [6.07, 6.45) is 1.88. The fraction of sp³-hybridized carbons (Fsp3) is 0.257. The standard InChI is InChI=1S/C35H37Cl2N3O4S/c1-3-4-22-38-35(42)33(23-27-14-7-5-8-15-27)39(24-28-16-11-12-19-31(28)37)34(41)25-40(32-21-13-20-30(36)26(32)2)45(43,44)29-17-9-6-10-18-29/h5-21,33H,3-4,22-25H2,1-2H3,(H,38,42)/t33-/m0/s1. The molecule has 0 heterocycles. The molecule has 0 aliphatic carbocycles. The predicted octanol–water partition coefficient (Wildman–Crippen LogP) is 7.05. The predicted molar refractivity (Wildman–Crippen MR) is 181 cm³/mol. The molecule has 0 fully saturated rings. The molecular formula is C35H37Cl2N3O4S. The van der Waals surface area contributed by atoms with Crippen molar-refractivity contribution in [1.29, 1.82) is 0 Å². The summed E-state index contributed by atoms with van der Waals surface area (Å²) >= 11 is 13.0. The molecule has 1 atom stereocenters. The number of nitrogens with zero attached hydrogens (tertiary/aromatic N) is 2. The third-order valence-electron chi connectivity index (χ3n) is 7.52. The van der Waals surface area contributed by atoms with E-state index < -0.39 is 28.5 Å². The number of sulfonamides is 1. The Labute approximate surface area is 275 Å². The highest BCUT2D eigenvalue weighted by Gasteiger charge is 2.35. The number of nitrogens with one attached hydrogen (secondary N) is 1. The van der Waals surface area contributed by atoms with Crippen LogP contribution in [0.5, 0.6) is 0 Å². The lowest BCUT2D eigenvalue weighted by molar-refractivity contribution is -0.140. The van der Waals surface area contributed by atoms with Gasteiger partial charge in [-0.1, -0.05) is 109 Å². The first-order valence-corrected chi connectivity index (χ1v) is 17.0. The average Bonchev–Trinajstić information content (AvgIpc) is 3.04. The number of halogens is 2. The van der Waals surface area contributed by atoms with E-state index in [1.165, 1.54) is 17.0 Å². The van der Waals surface area contributed by atoms with Gasteiger partial charge < -0.3 is 10.2 Å². The molecule has 0 aromatic heterocycles. The molecule has 45 heavy (non-hydrogen) atoms. The molecule has 0 aliphatic heterocycles. The normalized spacial score (nSPS) is 11.9. The van der Waals surface area contributed by atoms with Gasteiger partial charge in [-0.25, -0.2) is 8.42 Å². The zero-order valence-electron chi connectivity index (χ0n) is 25.3. The molecule has 0 spiro atoms. The van der Waals surface area contributed by atoms with Crippen LogP contribution in [0.1, 0.15) is 36.5 Å². The van der Waals surface area contributed by atoms with Gasteiger partial charge in [-0.3, -0.25) is 13.9 Å². The van der Waals surface area contributed by atoms with Gasteiger partial charge >= 0.3 is 0 Å². The van der Waals surface area contributed by atoms with E-state index in [2.05, 4.69) is 5.32 Å². The average molecular weight is 667 g/mol. The Balaban J connectivity index is 1.82. The van der Waals surface area contributed by atoms with Crippen LogP contribution in [0.25, 0.3) is 0 Å². The summed E-state index contributed by atoms with van der Waals surface area (Å²) in [5.74, 6) is -0.899. The number of hydrogen-bond donors (Lipinski definition) is 1. The fourth-order valence-corrected chi connectivity index (χ4v) is 6.83. The van der Waals surface area contributed by atoms with E-state index in [0.29, 0.717) is 27.7 Å². The summed E-state index contributed by atoms with van der Waals surface area (Å²) in [4.78, 5) is 29.8. The molecule has 0 bridgehead atoms. The molecule has 0 radical (unpaired) electrons. The smallest absolute Gasteiger partial charge is 0.264 e. The van der Waals surface area contributed by atoms with Gasteiger partial charge in [0.05, 0.1) is 10.6 Å². The number of carbonyl (C=O) groups excluding carboxylic acids is 2. The van der Waals surface area contributed by atoms with Gasteiger partial charge in [-0.15, -0.1) is 0 Å². The molecule has 0 saturated heterocycles. The van der Waals surface area contributed by atoms with Gasteiger partial charge in [-0.2, -0.15) is 0 Å². The minimum atomic E-state index is -4.22. The monoisotopic (exact) mass is 665 g/mol. The third-order valence-corrected chi connectivity index (χ3v) is 10.1. The third kappa shape index (κ3) is 8.66. The van der Waals surface area contributed by atoms with Gasteiger partial charge in [0.2, 0.25) is 11.8 Å². The molecule has 4 aromatic carbocycles. The van der Waals surface area contributed by atoms with Crippen LogP contribution < -0.4 is 9.62 Å². The summed E-state index contributed by atoms with van der Waals surface area (Å²) in [5.41, 5.74) is 2.25. The van der Waals surface area contributed by atoms with E-state index in [1.807, 2.05) is 37.3 Å². The van der Waals surface area contributed by atoms with E-state index in [1.54, 1.807) is 67.6 Å². The lowest BCUT2D eigenvalue weighted by Crippen LogP contribution is -2.53. The Hall–Kier alpha value is -3.85. The van der Waals surface area contributed by atoms with E-state index in [4.69, 9.17) is 23.2 Å². The number of unbranched alkanes of at least 4 members (excludes halogenated alkanes) is 1. The maximum absolute atomic E-state index is 14.5. The van der Waals surface area contributed by atoms with Gasteiger partial charge in [0, 0.05) is 29.6 Å². The number of hydrogen-bond acceptors (Lipinski definition) is 4. The second-order valence-corrected chi connectivity index (χ2v) is 13.3. The Morgan fingerprint density at radius 2 is 1.44 bits per heavy atom. The zero-order chi connectivity index (χ0) is 32.4. The maximum atomic E-state index is 14.5. The lowest BCUT2D eigenvalue weighted by Gasteiger charge is -2.34. The highest BCUT2D eigenvalue weighted by atomic mass is 35.5.